The van der Waals surface area contributed by atoms with Gasteiger partial charge in [0.15, 0.2) is 6.10 Å². The van der Waals surface area contributed by atoms with Crippen LogP contribution in [0.5, 0.6) is 5.75 Å². The van der Waals surface area contributed by atoms with E-state index in [1.807, 2.05) is 26.0 Å². The van der Waals surface area contributed by atoms with Crippen LogP contribution in [0.3, 0.4) is 0 Å². The number of benzene rings is 1. The molecule has 0 aromatic heterocycles. The summed E-state index contributed by atoms with van der Waals surface area (Å²) < 4.78 is 5.51. The highest BCUT2D eigenvalue weighted by molar-refractivity contribution is 6.32. The molecule has 1 rings (SSSR count). The highest BCUT2D eigenvalue weighted by atomic mass is 35.5. The van der Waals surface area contributed by atoms with Crippen molar-refractivity contribution in [3.05, 3.63) is 28.3 Å². The average molecular weight is 242 g/mol. The molecule has 1 aromatic rings. The molecule has 0 radical (unpaired) electrons. The molecule has 0 saturated heterocycles. The third-order valence-corrected chi connectivity index (χ3v) is 2.93. The van der Waals surface area contributed by atoms with Crippen molar-refractivity contribution in [1.82, 2.24) is 5.32 Å². The Bertz CT molecular complexity index is 381. The Kier molecular flexibility index (Phi) is 4.19. The van der Waals surface area contributed by atoms with Crippen LogP contribution in [0.4, 0.5) is 0 Å². The summed E-state index contributed by atoms with van der Waals surface area (Å²) in [6, 6.07) is 3.66. The summed E-state index contributed by atoms with van der Waals surface area (Å²) in [6.45, 7) is 5.53. The van der Waals surface area contributed by atoms with E-state index in [0.717, 1.165) is 16.1 Å². The van der Waals surface area contributed by atoms with Crippen molar-refractivity contribution in [2.45, 2.75) is 26.9 Å². The maximum absolute atomic E-state index is 11.3. The minimum Gasteiger partial charge on any atom is -0.481 e. The van der Waals surface area contributed by atoms with Crippen molar-refractivity contribution < 1.29 is 9.53 Å². The first-order valence-electron chi connectivity index (χ1n) is 5.10. The quantitative estimate of drug-likeness (QED) is 0.883. The summed E-state index contributed by atoms with van der Waals surface area (Å²) in [5, 5.41) is 3.27. The summed E-state index contributed by atoms with van der Waals surface area (Å²) in [7, 11) is 1.58. The third kappa shape index (κ3) is 2.89. The fourth-order valence-corrected chi connectivity index (χ4v) is 1.54. The fourth-order valence-electron chi connectivity index (χ4n) is 1.44. The first kappa shape index (κ1) is 12.8. The van der Waals surface area contributed by atoms with Crippen LogP contribution in [-0.2, 0) is 4.79 Å². The van der Waals surface area contributed by atoms with Crippen LogP contribution < -0.4 is 10.1 Å². The second-order valence-electron chi connectivity index (χ2n) is 3.75. The van der Waals surface area contributed by atoms with Gasteiger partial charge in [-0.2, -0.15) is 0 Å². The van der Waals surface area contributed by atoms with Crippen LogP contribution >= 0.6 is 11.6 Å². The zero-order valence-electron chi connectivity index (χ0n) is 9.93. The van der Waals surface area contributed by atoms with Crippen LogP contribution in [0.2, 0.25) is 5.02 Å². The Morgan fingerprint density at radius 2 is 1.88 bits per heavy atom. The van der Waals surface area contributed by atoms with Crippen LogP contribution in [0.1, 0.15) is 18.1 Å². The van der Waals surface area contributed by atoms with Gasteiger partial charge in [-0.05, 0) is 44.0 Å². The molecule has 1 amide bonds. The highest BCUT2D eigenvalue weighted by Crippen LogP contribution is 2.26. The van der Waals surface area contributed by atoms with E-state index >= 15 is 0 Å². The molecule has 0 fully saturated rings. The molecule has 0 saturated carbocycles. The molecule has 0 heterocycles. The molecule has 0 aliphatic heterocycles. The van der Waals surface area contributed by atoms with Crippen molar-refractivity contribution in [1.29, 1.82) is 0 Å². The van der Waals surface area contributed by atoms with E-state index in [4.69, 9.17) is 16.3 Å². The molecule has 16 heavy (non-hydrogen) atoms. The fraction of sp³-hybridized carbons (Fsp3) is 0.417. The lowest BCUT2D eigenvalue weighted by Crippen LogP contribution is -2.33. The molecule has 1 aromatic carbocycles. The van der Waals surface area contributed by atoms with Crippen molar-refractivity contribution >= 4 is 17.5 Å². The third-order valence-electron chi connectivity index (χ3n) is 2.34. The molecule has 1 atom stereocenters. The van der Waals surface area contributed by atoms with E-state index in [-0.39, 0.29) is 5.91 Å². The minimum atomic E-state index is -0.509. The summed E-state index contributed by atoms with van der Waals surface area (Å²) in [5.41, 5.74) is 1.89. The smallest absolute Gasteiger partial charge is 0.260 e. The lowest BCUT2D eigenvalue weighted by molar-refractivity contribution is -0.126. The van der Waals surface area contributed by atoms with Gasteiger partial charge in [0, 0.05) is 12.1 Å². The highest BCUT2D eigenvalue weighted by Gasteiger charge is 2.13. The number of amides is 1. The van der Waals surface area contributed by atoms with Gasteiger partial charge >= 0.3 is 0 Å². The first-order valence-corrected chi connectivity index (χ1v) is 5.48. The van der Waals surface area contributed by atoms with Gasteiger partial charge in [-0.15, -0.1) is 0 Å². The molecule has 0 aliphatic rings. The molecule has 4 heteroatoms. The predicted molar refractivity (Wildman–Crippen MR) is 65.1 cm³/mol. The number of carbonyl (C=O) groups is 1. The van der Waals surface area contributed by atoms with Crippen molar-refractivity contribution in [3.63, 3.8) is 0 Å². The molecule has 3 nitrogen and oxygen atoms in total. The molecule has 0 spiro atoms. The molecular weight excluding hydrogens is 226 g/mol. The molecule has 88 valence electrons. The van der Waals surface area contributed by atoms with Crippen LogP contribution in [0, 0.1) is 13.8 Å². The molecule has 0 bridgehead atoms. The van der Waals surface area contributed by atoms with E-state index in [1.54, 1.807) is 14.0 Å². The van der Waals surface area contributed by atoms with Crippen LogP contribution in [-0.4, -0.2) is 19.1 Å². The second kappa shape index (κ2) is 5.21. The monoisotopic (exact) mass is 241 g/mol. The Morgan fingerprint density at radius 1 is 1.38 bits per heavy atom. The Hall–Kier alpha value is -1.22. The van der Waals surface area contributed by atoms with Gasteiger partial charge in [-0.1, -0.05) is 11.6 Å². The van der Waals surface area contributed by atoms with Gasteiger partial charge in [0.05, 0.1) is 0 Å². The predicted octanol–water partition coefficient (Wildman–Crippen LogP) is 2.47. The minimum absolute atomic E-state index is 0.148. The maximum atomic E-state index is 11.3. The van der Waals surface area contributed by atoms with Gasteiger partial charge in [-0.25, -0.2) is 0 Å². The van der Waals surface area contributed by atoms with Gasteiger partial charge in [-0.3, -0.25) is 4.79 Å². The molecular formula is C12H16ClNO2. The van der Waals surface area contributed by atoms with Gasteiger partial charge in [0.2, 0.25) is 0 Å². The summed E-state index contributed by atoms with van der Waals surface area (Å²) >= 11 is 6.04. The topological polar surface area (TPSA) is 38.3 Å². The number of hydrogen-bond acceptors (Lipinski definition) is 2. The number of nitrogens with one attached hydrogen (secondary N) is 1. The number of halogens is 1. The van der Waals surface area contributed by atoms with E-state index in [1.165, 1.54) is 0 Å². The van der Waals surface area contributed by atoms with Gasteiger partial charge < -0.3 is 10.1 Å². The lowest BCUT2D eigenvalue weighted by atomic mass is 10.1. The Labute approximate surface area is 101 Å². The summed E-state index contributed by atoms with van der Waals surface area (Å²) in [4.78, 5) is 11.3. The molecule has 1 N–H and O–H groups in total. The first-order chi connectivity index (χ1) is 7.45. The normalized spacial score (nSPS) is 12.1. The molecule has 0 aliphatic carbocycles. The van der Waals surface area contributed by atoms with E-state index < -0.39 is 6.10 Å². The number of ether oxygens (including phenoxy) is 1. The SMILES string of the molecule is CNC(=O)C(C)Oc1cc(C)c(Cl)c(C)c1. The average Bonchev–Trinajstić information content (AvgIpc) is 2.24. The number of aryl methyl sites for hydroxylation is 2. The van der Waals surface area contributed by atoms with Gasteiger partial charge in [0.25, 0.3) is 5.91 Å². The second-order valence-corrected chi connectivity index (χ2v) is 4.12. The van der Waals surface area contributed by atoms with Crippen molar-refractivity contribution in [2.75, 3.05) is 7.05 Å². The number of likely N-dealkylation sites (N-methyl/N-ethyl adjacent to an activating group) is 1. The maximum Gasteiger partial charge on any atom is 0.260 e. The molecule has 1 unspecified atom stereocenters. The standard InChI is InChI=1S/C12H16ClNO2/c1-7-5-10(6-8(2)11(7)13)16-9(3)12(15)14-4/h5-6,9H,1-4H3,(H,14,15). The van der Waals surface area contributed by atoms with Crippen LogP contribution in [0.25, 0.3) is 0 Å². The largest absolute Gasteiger partial charge is 0.481 e. The van der Waals surface area contributed by atoms with Gasteiger partial charge in [0.1, 0.15) is 5.75 Å². The Morgan fingerprint density at radius 3 is 2.31 bits per heavy atom. The number of hydrogen-bond donors (Lipinski definition) is 1. The van der Waals surface area contributed by atoms with E-state index in [9.17, 15) is 4.79 Å². The van der Waals surface area contributed by atoms with E-state index in [2.05, 4.69) is 5.32 Å². The van der Waals surface area contributed by atoms with Crippen molar-refractivity contribution in [3.8, 4) is 5.75 Å². The van der Waals surface area contributed by atoms with Crippen molar-refractivity contribution in [2.24, 2.45) is 0 Å². The summed E-state index contributed by atoms with van der Waals surface area (Å²) in [5.74, 6) is 0.515. The van der Waals surface area contributed by atoms with E-state index in [0.29, 0.717) is 5.75 Å². The number of rotatable bonds is 3. The lowest BCUT2D eigenvalue weighted by Gasteiger charge is -2.14. The summed E-state index contributed by atoms with van der Waals surface area (Å²) in [6.07, 6.45) is -0.509. The zero-order chi connectivity index (χ0) is 12.3. The number of carbonyl (C=O) groups excluding carboxylic acids is 1. The Balaban J connectivity index is 2.86. The zero-order valence-corrected chi connectivity index (χ0v) is 10.7. The van der Waals surface area contributed by atoms with Crippen LogP contribution in [0.15, 0.2) is 12.1 Å².